The fourth-order valence-corrected chi connectivity index (χ4v) is 1.52. The number of halogens is 1. The summed E-state index contributed by atoms with van der Waals surface area (Å²) in [5, 5.41) is 2.57. The van der Waals surface area contributed by atoms with E-state index in [1.807, 2.05) is 0 Å². The minimum atomic E-state index is -0.378. The lowest BCUT2D eigenvalue weighted by Crippen LogP contribution is -2.27. The summed E-state index contributed by atoms with van der Waals surface area (Å²) in [6.45, 7) is 1.56. The summed E-state index contributed by atoms with van der Waals surface area (Å²) >= 11 is 0. The number of hydrogen-bond donors (Lipinski definition) is 1. The van der Waals surface area contributed by atoms with E-state index >= 15 is 0 Å². The quantitative estimate of drug-likeness (QED) is 0.906. The third-order valence-corrected chi connectivity index (χ3v) is 2.46. The summed E-state index contributed by atoms with van der Waals surface area (Å²) < 4.78 is 13.9. The summed E-state index contributed by atoms with van der Waals surface area (Å²) in [4.78, 5) is 27.2. The SMILES string of the molecule is Cc1cc(=O)n(CC(=O)Nc2ccc(F)cc2)cn1. The zero-order valence-electron chi connectivity index (χ0n) is 10.3. The number of nitrogens with one attached hydrogen (secondary N) is 1. The molecule has 2 aromatic rings. The van der Waals surface area contributed by atoms with Crippen molar-refractivity contribution < 1.29 is 9.18 Å². The van der Waals surface area contributed by atoms with Gasteiger partial charge in [0.15, 0.2) is 0 Å². The molecule has 0 unspecified atom stereocenters. The van der Waals surface area contributed by atoms with Crippen LogP contribution in [-0.4, -0.2) is 15.5 Å². The molecule has 1 aromatic carbocycles. The van der Waals surface area contributed by atoms with Gasteiger partial charge in [-0.2, -0.15) is 0 Å². The maximum Gasteiger partial charge on any atom is 0.253 e. The lowest BCUT2D eigenvalue weighted by molar-refractivity contribution is -0.116. The Morgan fingerprint density at radius 3 is 2.68 bits per heavy atom. The molecule has 19 heavy (non-hydrogen) atoms. The smallest absolute Gasteiger partial charge is 0.253 e. The molecule has 0 aliphatic carbocycles. The predicted molar refractivity (Wildman–Crippen MR) is 68.3 cm³/mol. The highest BCUT2D eigenvalue weighted by Crippen LogP contribution is 2.07. The summed E-state index contributed by atoms with van der Waals surface area (Å²) in [5.74, 6) is -0.753. The van der Waals surface area contributed by atoms with Crippen molar-refractivity contribution in [3.8, 4) is 0 Å². The Bertz CT molecular complexity index is 650. The number of aryl methyl sites for hydroxylation is 1. The van der Waals surface area contributed by atoms with Crippen LogP contribution >= 0.6 is 0 Å². The van der Waals surface area contributed by atoms with Crippen molar-refractivity contribution in [2.75, 3.05) is 5.32 Å². The molecule has 0 spiro atoms. The summed E-state index contributed by atoms with van der Waals surface area (Å²) in [5.41, 5.74) is 0.779. The molecule has 1 N–H and O–H groups in total. The fourth-order valence-electron chi connectivity index (χ4n) is 1.52. The maximum atomic E-state index is 12.7. The topological polar surface area (TPSA) is 64.0 Å². The van der Waals surface area contributed by atoms with Crippen LogP contribution in [0.5, 0.6) is 0 Å². The van der Waals surface area contributed by atoms with Crippen LogP contribution in [0.2, 0.25) is 0 Å². The van der Waals surface area contributed by atoms with Crippen LogP contribution in [0.4, 0.5) is 10.1 Å². The Morgan fingerprint density at radius 1 is 1.37 bits per heavy atom. The average molecular weight is 261 g/mol. The molecule has 0 atom stereocenters. The van der Waals surface area contributed by atoms with Crippen LogP contribution < -0.4 is 10.9 Å². The third-order valence-electron chi connectivity index (χ3n) is 2.46. The van der Waals surface area contributed by atoms with Gasteiger partial charge in [0, 0.05) is 17.4 Å². The highest BCUT2D eigenvalue weighted by atomic mass is 19.1. The molecule has 6 heteroatoms. The van der Waals surface area contributed by atoms with Crippen molar-refractivity contribution in [2.45, 2.75) is 13.5 Å². The van der Waals surface area contributed by atoms with Gasteiger partial charge in [-0.15, -0.1) is 0 Å². The predicted octanol–water partition coefficient (Wildman–Crippen LogP) is 1.33. The number of benzene rings is 1. The molecule has 0 fully saturated rings. The molecule has 0 saturated heterocycles. The second-order valence-electron chi connectivity index (χ2n) is 4.05. The molecular weight excluding hydrogens is 249 g/mol. The minimum Gasteiger partial charge on any atom is -0.325 e. The van der Waals surface area contributed by atoms with Crippen LogP contribution in [0.3, 0.4) is 0 Å². The number of amides is 1. The Balaban J connectivity index is 2.05. The van der Waals surface area contributed by atoms with E-state index in [0.29, 0.717) is 11.4 Å². The zero-order chi connectivity index (χ0) is 13.8. The highest BCUT2D eigenvalue weighted by molar-refractivity contribution is 5.90. The summed E-state index contributed by atoms with van der Waals surface area (Å²) in [6.07, 6.45) is 1.32. The van der Waals surface area contributed by atoms with E-state index in [-0.39, 0.29) is 23.8 Å². The normalized spacial score (nSPS) is 10.2. The Kier molecular flexibility index (Phi) is 3.70. The third kappa shape index (κ3) is 3.48. The van der Waals surface area contributed by atoms with Crippen LogP contribution in [0, 0.1) is 12.7 Å². The molecular formula is C13H12FN3O2. The molecule has 0 saturated carbocycles. The largest absolute Gasteiger partial charge is 0.325 e. The minimum absolute atomic E-state index is 0.135. The van der Waals surface area contributed by atoms with Crippen LogP contribution in [-0.2, 0) is 11.3 Å². The van der Waals surface area contributed by atoms with Gasteiger partial charge in [-0.3, -0.25) is 14.2 Å². The molecule has 0 radical (unpaired) electrons. The van der Waals surface area contributed by atoms with E-state index in [1.165, 1.54) is 41.2 Å². The fraction of sp³-hybridized carbons (Fsp3) is 0.154. The average Bonchev–Trinajstić information content (AvgIpc) is 2.36. The van der Waals surface area contributed by atoms with Gasteiger partial charge in [0.25, 0.3) is 5.56 Å². The molecule has 0 aliphatic rings. The molecule has 1 amide bonds. The lowest BCUT2D eigenvalue weighted by Gasteiger charge is -2.07. The first kappa shape index (κ1) is 12.9. The van der Waals surface area contributed by atoms with E-state index in [2.05, 4.69) is 10.3 Å². The summed E-state index contributed by atoms with van der Waals surface area (Å²) in [7, 11) is 0. The van der Waals surface area contributed by atoms with Crippen molar-refractivity contribution in [1.29, 1.82) is 0 Å². The van der Waals surface area contributed by atoms with Crippen molar-refractivity contribution in [3.05, 3.63) is 58.5 Å². The highest BCUT2D eigenvalue weighted by Gasteiger charge is 2.05. The molecule has 1 heterocycles. The lowest BCUT2D eigenvalue weighted by atomic mass is 10.3. The van der Waals surface area contributed by atoms with Crippen LogP contribution in [0.15, 0.2) is 41.5 Å². The molecule has 98 valence electrons. The number of carbonyl (C=O) groups is 1. The number of anilines is 1. The number of carbonyl (C=O) groups excluding carboxylic acids is 1. The first-order valence-corrected chi connectivity index (χ1v) is 5.63. The second kappa shape index (κ2) is 5.43. The van der Waals surface area contributed by atoms with Gasteiger partial charge in [0.1, 0.15) is 12.4 Å². The molecule has 1 aromatic heterocycles. The zero-order valence-corrected chi connectivity index (χ0v) is 10.3. The van der Waals surface area contributed by atoms with Gasteiger partial charge in [0.2, 0.25) is 5.91 Å². The maximum absolute atomic E-state index is 12.7. The van der Waals surface area contributed by atoms with Crippen molar-refractivity contribution in [3.63, 3.8) is 0 Å². The van der Waals surface area contributed by atoms with Crippen LogP contribution in [0.25, 0.3) is 0 Å². The van der Waals surface area contributed by atoms with E-state index < -0.39 is 0 Å². The monoisotopic (exact) mass is 261 g/mol. The van der Waals surface area contributed by atoms with Gasteiger partial charge in [-0.25, -0.2) is 9.37 Å². The molecule has 2 rings (SSSR count). The Morgan fingerprint density at radius 2 is 2.05 bits per heavy atom. The van der Waals surface area contributed by atoms with E-state index in [4.69, 9.17) is 0 Å². The number of aromatic nitrogens is 2. The van der Waals surface area contributed by atoms with Crippen molar-refractivity contribution in [2.24, 2.45) is 0 Å². The van der Waals surface area contributed by atoms with Crippen molar-refractivity contribution >= 4 is 11.6 Å². The second-order valence-corrected chi connectivity index (χ2v) is 4.05. The van der Waals surface area contributed by atoms with Gasteiger partial charge in [-0.1, -0.05) is 0 Å². The van der Waals surface area contributed by atoms with Gasteiger partial charge < -0.3 is 5.32 Å². The summed E-state index contributed by atoms with van der Waals surface area (Å²) in [6, 6.07) is 6.74. The van der Waals surface area contributed by atoms with E-state index in [1.54, 1.807) is 6.92 Å². The number of hydrogen-bond acceptors (Lipinski definition) is 3. The van der Waals surface area contributed by atoms with E-state index in [0.717, 1.165) is 0 Å². The molecule has 5 nitrogen and oxygen atoms in total. The van der Waals surface area contributed by atoms with E-state index in [9.17, 15) is 14.0 Å². The Hall–Kier alpha value is -2.50. The number of rotatable bonds is 3. The van der Waals surface area contributed by atoms with Gasteiger partial charge in [0.05, 0.1) is 6.33 Å². The Labute approximate surface area is 108 Å². The number of nitrogens with zero attached hydrogens (tertiary/aromatic N) is 2. The van der Waals surface area contributed by atoms with Gasteiger partial charge >= 0.3 is 0 Å². The van der Waals surface area contributed by atoms with Crippen molar-refractivity contribution in [1.82, 2.24) is 9.55 Å². The van der Waals surface area contributed by atoms with Crippen LogP contribution in [0.1, 0.15) is 5.69 Å². The molecule has 0 bridgehead atoms. The standard InChI is InChI=1S/C13H12FN3O2/c1-9-6-13(19)17(8-15-9)7-12(18)16-11-4-2-10(14)3-5-11/h2-6,8H,7H2,1H3,(H,16,18). The van der Waals surface area contributed by atoms with Gasteiger partial charge in [-0.05, 0) is 31.2 Å². The molecule has 0 aliphatic heterocycles. The first-order valence-electron chi connectivity index (χ1n) is 5.63. The first-order chi connectivity index (χ1) is 9.04.